The Morgan fingerprint density at radius 1 is 1.33 bits per heavy atom. The van der Waals surface area contributed by atoms with Crippen LogP contribution in [0.3, 0.4) is 0 Å². The van der Waals surface area contributed by atoms with Gasteiger partial charge < -0.3 is 19.8 Å². The largest absolute Gasteiger partial charge is 0.497 e. The van der Waals surface area contributed by atoms with Crippen molar-refractivity contribution in [2.24, 2.45) is 0 Å². The maximum Gasteiger partial charge on any atom is 0.319 e. The predicted molar refractivity (Wildman–Crippen MR) is 93.9 cm³/mol. The van der Waals surface area contributed by atoms with Gasteiger partial charge in [0.25, 0.3) is 0 Å². The van der Waals surface area contributed by atoms with Crippen LogP contribution >= 0.6 is 11.6 Å². The number of methoxy groups -OCH3 is 1. The zero-order valence-corrected chi connectivity index (χ0v) is 13.9. The Morgan fingerprint density at radius 3 is 2.96 bits per heavy atom. The molecule has 124 valence electrons. The first-order valence-electron chi connectivity index (χ1n) is 7.47. The smallest absolute Gasteiger partial charge is 0.319 e. The molecule has 2 N–H and O–H groups in total. The summed E-state index contributed by atoms with van der Waals surface area (Å²) in [5.41, 5.74) is 2.34. The number of amides is 2. The fraction of sp³-hybridized carbons (Fsp3) is 0.176. The predicted octanol–water partition coefficient (Wildman–Crippen LogP) is 3.36. The zero-order valence-electron chi connectivity index (χ0n) is 13.1. The number of fused-ring (bicyclic) bond motifs is 1. The Labute approximate surface area is 144 Å². The van der Waals surface area contributed by atoms with Crippen molar-refractivity contribution in [2.75, 3.05) is 19.0 Å². The highest BCUT2D eigenvalue weighted by molar-refractivity contribution is 6.33. The highest BCUT2D eigenvalue weighted by Gasteiger charge is 2.07. The van der Waals surface area contributed by atoms with Crippen LogP contribution in [-0.2, 0) is 6.42 Å². The molecule has 0 aliphatic heterocycles. The summed E-state index contributed by atoms with van der Waals surface area (Å²) in [5, 5.41) is 5.92. The van der Waals surface area contributed by atoms with E-state index in [0.717, 1.165) is 11.3 Å². The summed E-state index contributed by atoms with van der Waals surface area (Å²) in [6.07, 6.45) is 4.54. The van der Waals surface area contributed by atoms with E-state index in [2.05, 4.69) is 15.6 Å². The quantitative estimate of drug-likeness (QED) is 0.745. The lowest BCUT2D eigenvalue weighted by Gasteiger charge is -2.09. The van der Waals surface area contributed by atoms with Gasteiger partial charge in [0.15, 0.2) is 0 Å². The van der Waals surface area contributed by atoms with E-state index < -0.39 is 0 Å². The molecule has 0 spiro atoms. The molecule has 3 aromatic rings. The molecule has 0 bridgehead atoms. The van der Waals surface area contributed by atoms with Crippen LogP contribution in [-0.4, -0.2) is 29.1 Å². The SMILES string of the molecule is COc1ccc(NC(=O)NCCc2cn3ccccc3n2)c(Cl)c1. The van der Waals surface area contributed by atoms with Crippen LogP contribution in [0.4, 0.5) is 10.5 Å². The number of halogens is 1. The van der Waals surface area contributed by atoms with Gasteiger partial charge >= 0.3 is 6.03 Å². The first-order valence-corrected chi connectivity index (χ1v) is 7.84. The van der Waals surface area contributed by atoms with Crippen LogP contribution in [0.15, 0.2) is 48.8 Å². The van der Waals surface area contributed by atoms with Gasteiger partial charge in [-0.15, -0.1) is 0 Å². The molecule has 0 unspecified atom stereocenters. The summed E-state index contributed by atoms with van der Waals surface area (Å²) < 4.78 is 7.02. The summed E-state index contributed by atoms with van der Waals surface area (Å²) in [6, 6.07) is 10.6. The highest BCUT2D eigenvalue weighted by Crippen LogP contribution is 2.26. The van der Waals surface area contributed by atoms with Crippen molar-refractivity contribution < 1.29 is 9.53 Å². The van der Waals surface area contributed by atoms with E-state index in [9.17, 15) is 4.79 Å². The standard InChI is InChI=1S/C17H17ClN4O2/c1-24-13-5-6-15(14(18)10-13)21-17(23)19-8-7-12-11-22-9-3-2-4-16(22)20-12/h2-6,9-11H,7-8H2,1H3,(H2,19,21,23). The first kappa shape index (κ1) is 16.1. The van der Waals surface area contributed by atoms with Crippen LogP contribution in [0.25, 0.3) is 5.65 Å². The molecule has 0 radical (unpaired) electrons. The minimum atomic E-state index is -0.314. The van der Waals surface area contributed by atoms with Crippen LogP contribution in [0.5, 0.6) is 5.75 Å². The van der Waals surface area contributed by atoms with Crippen molar-refractivity contribution >= 4 is 29.0 Å². The van der Waals surface area contributed by atoms with Gasteiger partial charge in [0.1, 0.15) is 11.4 Å². The number of rotatable bonds is 5. The number of hydrogen-bond acceptors (Lipinski definition) is 3. The number of anilines is 1. The van der Waals surface area contributed by atoms with E-state index in [4.69, 9.17) is 16.3 Å². The molecule has 0 saturated carbocycles. The maximum atomic E-state index is 11.9. The Balaban J connectivity index is 1.52. The van der Waals surface area contributed by atoms with E-state index in [1.54, 1.807) is 25.3 Å². The molecule has 1 aromatic carbocycles. The lowest BCUT2D eigenvalue weighted by molar-refractivity contribution is 0.252. The van der Waals surface area contributed by atoms with Crippen molar-refractivity contribution in [3.8, 4) is 5.75 Å². The van der Waals surface area contributed by atoms with Crippen LogP contribution in [0.1, 0.15) is 5.69 Å². The van der Waals surface area contributed by atoms with E-state index >= 15 is 0 Å². The van der Waals surface area contributed by atoms with Gasteiger partial charge in [0, 0.05) is 31.4 Å². The van der Waals surface area contributed by atoms with Gasteiger partial charge in [-0.3, -0.25) is 0 Å². The molecule has 6 nitrogen and oxygen atoms in total. The highest BCUT2D eigenvalue weighted by atomic mass is 35.5. The maximum absolute atomic E-state index is 11.9. The topological polar surface area (TPSA) is 67.7 Å². The van der Waals surface area contributed by atoms with Crippen LogP contribution in [0.2, 0.25) is 5.02 Å². The van der Waals surface area contributed by atoms with Crippen LogP contribution in [0, 0.1) is 0 Å². The normalized spacial score (nSPS) is 10.6. The first-order chi connectivity index (χ1) is 11.7. The molecular weight excluding hydrogens is 328 g/mol. The minimum absolute atomic E-state index is 0.314. The number of carbonyl (C=O) groups is 1. The third-order valence-electron chi connectivity index (χ3n) is 3.51. The summed E-state index contributed by atoms with van der Waals surface area (Å²) in [4.78, 5) is 16.4. The summed E-state index contributed by atoms with van der Waals surface area (Å²) >= 11 is 6.09. The van der Waals surface area contributed by atoms with E-state index in [1.165, 1.54) is 0 Å². The lowest BCUT2D eigenvalue weighted by Crippen LogP contribution is -2.30. The molecule has 24 heavy (non-hydrogen) atoms. The van der Waals surface area contributed by atoms with Gasteiger partial charge in [-0.1, -0.05) is 17.7 Å². The van der Waals surface area contributed by atoms with Gasteiger partial charge in [-0.2, -0.15) is 0 Å². The molecule has 0 aliphatic rings. The molecular formula is C17H17ClN4O2. The number of nitrogens with one attached hydrogen (secondary N) is 2. The molecule has 0 fully saturated rings. The zero-order chi connectivity index (χ0) is 16.9. The van der Waals surface area contributed by atoms with E-state index in [0.29, 0.717) is 29.4 Å². The molecule has 0 aliphatic carbocycles. The Morgan fingerprint density at radius 2 is 2.21 bits per heavy atom. The molecule has 2 aromatic heterocycles. The van der Waals surface area contributed by atoms with Crippen molar-refractivity contribution in [3.05, 3.63) is 59.5 Å². The lowest BCUT2D eigenvalue weighted by atomic mass is 10.3. The average molecular weight is 345 g/mol. The number of carbonyl (C=O) groups excluding carboxylic acids is 1. The number of hydrogen-bond donors (Lipinski definition) is 2. The number of urea groups is 1. The Bertz CT molecular complexity index is 830. The second kappa shape index (κ2) is 7.23. The summed E-state index contributed by atoms with van der Waals surface area (Å²) in [7, 11) is 1.56. The van der Waals surface area contributed by atoms with E-state index in [-0.39, 0.29) is 6.03 Å². The summed E-state index contributed by atoms with van der Waals surface area (Å²) in [6.45, 7) is 0.476. The number of aromatic nitrogens is 2. The van der Waals surface area contributed by atoms with Crippen molar-refractivity contribution in [3.63, 3.8) is 0 Å². The third-order valence-corrected chi connectivity index (χ3v) is 3.82. The van der Waals surface area contributed by atoms with Crippen molar-refractivity contribution in [1.82, 2.24) is 14.7 Å². The molecule has 0 saturated heterocycles. The van der Waals surface area contributed by atoms with Gasteiger partial charge in [-0.05, 0) is 24.3 Å². The van der Waals surface area contributed by atoms with Crippen LogP contribution < -0.4 is 15.4 Å². The van der Waals surface area contributed by atoms with Gasteiger partial charge in [-0.25, -0.2) is 9.78 Å². The molecule has 2 amide bonds. The molecule has 0 atom stereocenters. The Kier molecular flexibility index (Phi) is 4.86. The fourth-order valence-electron chi connectivity index (χ4n) is 2.30. The molecule has 3 rings (SSSR count). The van der Waals surface area contributed by atoms with Gasteiger partial charge in [0.05, 0.1) is 23.5 Å². The second-order valence-corrected chi connectivity index (χ2v) is 5.58. The van der Waals surface area contributed by atoms with Gasteiger partial charge in [0.2, 0.25) is 0 Å². The van der Waals surface area contributed by atoms with Crippen molar-refractivity contribution in [1.29, 1.82) is 0 Å². The molecule has 7 heteroatoms. The number of pyridine rings is 1. The second-order valence-electron chi connectivity index (χ2n) is 5.18. The van der Waals surface area contributed by atoms with Crippen molar-refractivity contribution in [2.45, 2.75) is 6.42 Å². The average Bonchev–Trinajstić information content (AvgIpc) is 2.99. The fourth-order valence-corrected chi connectivity index (χ4v) is 2.52. The number of benzene rings is 1. The Hall–Kier alpha value is -2.73. The monoisotopic (exact) mass is 344 g/mol. The van der Waals surface area contributed by atoms with E-state index in [1.807, 2.05) is 35.0 Å². The number of ether oxygens (including phenoxy) is 1. The molecule has 2 heterocycles. The third kappa shape index (κ3) is 3.78. The number of imidazole rings is 1. The summed E-state index contributed by atoms with van der Waals surface area (Å²) in [5.74, 6) is 0.637. The number of nitrogens with zero attached hydrogens (tertiary/aromatic N) is 2. The minimum Gasteiger partial charge on any atom is -0.497 e.